The Balaban J connectivity index is 2.06. The van der Waals surface area contributed by atoms with E-state index in [-0.39, 0.29) is 23.2 Å². The van der Waals surface area contributed by atoms with Crippen molar-refractivity contribution >= 4 is 62.3 Å². The Kier molecular flexibility index (Phi) is 11.3. The van der Waals surface area contributed by atoms with Crippen LogP contribution in [0, 0.1) is 0 Å². The van der Waals surface area contributed by atoms with Crippen LogP contribution < -0.4 is 14.4 Å². The zero-order valence-electron chi connectivity index (χ0n) is 23.1. The Morgan fingerprint density at radius 2 is 1.51 bits per heavy atom. The van der Waals surface area contributed by atoms with Crippen molar-refractivity contribution in [3.8, 4) is 5.75 Å². The van der Waals surface area contributed by atoms with Crippen molar-refractivity contribution in [3.05, 3.63) is 87.4 Å². The molecule has 0 heterocycles. The quantitative estimate of drug-likeness (QED) is 0.255. The maximum Gasteiger partial charge on any atom is 0.264 e. The summed E-state index contributed by atoms with van der Waals surface area (Å²) in [6.45, 7) is 4.62. The van der Waals surface area contributed by atoms with Crippen LogP contribution in [0.15, 0.2) is 71.6 Å². The Labute approximate surface area is 256 Å². The molecular formula is C29H32Cl3N3O5S. The Morgan fingerprint density at radius 1 is 0.927 bits per heavy atom. The molecule has 2 amide bonds. The highest BCUT2D eigenvalue weighted by molar-refractivity contribution is 7.92. The number of hydrogen-bond acceptors (Lipinski definition) is 5. The first-order valence-electron chi connectivity index (χ1n) is 12.8. The van der Waals surface area contributed by atoms with Gasteiger partial charge in [-0.1, -0.05) is 47.8 Å². The van der Waals surface area contributed by atoms with Gasteiger partial charge in [0.05, 0.1) is 17.7 Å². The molecule has 0 radical (unpaired) electrons. The third kappa shape index (κ3) is 8.07. The van der Waals surface area contributed by atoms with Gasteiger partial charge in [-0.25, -0.2) is 8.42 Å². The average molecular weight is 641 g/mol. The number of ether oxygens (including phenoxy) is 1. The van der Waals surface area contributed by atoms with E-state index < -0.39 is 34.4 Å². The molecule has 0 aliphatic heterocycles. The Morgan fingerprint density at radius 3 is 2.05 bits per heavy atom. The van der Waals surface area contributed by atoms with E-state index in [1.165, 1.54) is 60.5 Å². The van der Waals surface area contributed by atoms with Crippen molar-refractivity contribution in [3.63, 3.8) is 0 Å². The molecule has 3 aromatic rings. The van der Waals surface area contributed by atoms with Crippen LogP contribution in [0.1, 0.15) is 32.8 Å². The first-order valence-corrected chi connectivity index (χ1v) is 15.4. The first kappa shape index (κ1) is 32.5. The lowest BCUT2D eigenvalue weighted by atomic mass is 10.1. The van der Waals surface area contributed by atoms with Gasteiger partial charge in [-0.05, 0) is 80.9 Å². The van der Waals surface area contributed by atoms with Gasteiger partial charge in [-0.2, -0.15) is 0 Å². The van der Waals surface area contributed by atoms with Crippen LogP contribution in [-0.2, 0) is 26.2 Å². The smallest absolute Gasteiger partial charge is 0.264 e. The number of nitrogens with one attached hydrogen (secondary N) is 1. The molecule has 12 heteroatoms. The van der Waals surface area contributed by atoms with E-state index >= 15 is 0 Å². The van der Waals surface area contributed by atoms with E-state index in [0.29, 0.717) is 32.8 Å². The molecule has 3 aromatic carbocycles. The third-order valence-electron chi connectivity index (χ3n) is 6.60. The highest BCUT2D eigenvalue weighted by Gasteiger charge is 2.33. The molecule has 1 N–H and O–H groups in total. The molecule has 0 aliphatic carbocycles. The van der Waals surface area contributed by atoms with Gasteiger partial charge in [-0.15, -0.1) is 0 Å². The second kappa shape index (κ2) is 14.3. The number of sulfonamides is 1. The normalized spacial score (nSPS) is 12.8. The fourth-order valence-electron chi connectivity index (χ4n) is 3.91. The van der Waals surface area contributed by atoms with Gasteiger partial charge in [0.1, 0.15) is 18.3 Å². The van der Waals surface area contributed by atoms with Crippen LogP contribution in [0.4, 0.5) is 5.69 Å². The van der Waals surface area contributed by atoms with Crippen LogP contribution in [-0.4, -0.2) is 50.9 Å². The minimum Gasteiger partial charge on any atom is -0.497 e. The molecule has 0 fully saturated rings. The van der Waals surface area contributed by atoms with Gasteiger partial charge in [0.15, 0.2) is 0 Å². The van der Waals surface area contributed by atoms with Crippen LogP contribution >= 0.6 is 34.8 Å². The number of carbonyl (C=O) groups is 2. The number of methoxy groups -OCH3 is 1. The van der Waals surface area contributed by atoms with Crippen molar-refractivity contribution in [2.75, 3.05) is 18.0 Å². The maximum absolute atomic E-state index is 14.0. The standard InChI is InChI=1S/C29H32Cl3N3O5S/c1-5-19(2)33-29(37)20(3)34(17-25-26(31)7-6-8-27(25)32)28(36)18-35(22-11-9-21(30)10-12-22)41(38,39)24-15-13-23(40-4)14-16-24/h6-16,19-20H,5,17-18H2,1-4H3,(H,33,37)/t19-,20+/m1/s1. The predicted molar refractivity (Wildman–Crippen MR) is 163 cm³/mol. The van der Waals surface area contributed by atoms with Crippen LogP contribution in [0.3, 0.4) is 0 Å². The summed E-state index contributed by atoms with van der Waals surface area (Å²) in [5.74, 6) is -0.561. The van der Waals surface area contributed by atoms with E-state index in [9.17, 15) is 18.0 Å². The van der Waals surface area contributed by atoms with Crippen LogP contribution in [0.5, 0.6) is 5.75 Å². The molecule has 0 spiro atoms. The number of amides is 2. The SMILES string of the molecule is CC[C@@H](C)NC(=O)[C@H](C)N(Cc1c(Cl)cccc1Cl)C(=O)CN(c1ccc(Cl)cc1)S(=O)(=O)c1ccc(OC)cc1. The first-order chi connectivity index (χ1) is 19.4. The number of benzene rings is 3. The lowest BCUT2D eigenvalue weighted by Crippen LogP contribution is -2.52. The van der Waals surface area contributed by atoms with Crippen molar-refractivity contribution in [2.45, 2.75) is 50.7 Å². The second-order valence-corrected chi connectivity index (χ2v) is 12.5. The van der Waals surface area contributed by atoms with Crippen molar-refractivity contribution in [1.29, 1.82) is 0 Å². The number of anilines is 1. The Hall–Kier alpha value is -2.98. The maximum atomic E-state index is 14.0. The highest BCUT2D eigenvalue weighted by Crippen LogP contribution is 2.29. The van der Waals surface area contributed by atoms with Gasteiger partial charge < -0.3 is 15.0 Å². The molecule has 0 aromatic heterocycles. The molecule has 220 valence electrons. The molecule has 2 atom stereocenters. The average Bonchev–Trinajstić information content (AvgIpc) is 2.95. The minimum atomic E-state index is -4.24. The van der Waals surface area contributed by atoms with Crippen LogP contribution in [0.25, 0.3) is 0 Å². The molecule has 0 bridgehead atoms. The van der Waals surface area contributed by atoms with E-state index in [2.05, 4.69) is 5.32 Å². The lowest BCUT2D eigenvalue weighted by Gasteiger charge is -2.32. The fourth-order valence-corrected chi connectivity index (χ4v) is 5.97. The van der Waals surface area contributed by atoms with E-state index in [0.717, 1.165) is 4.31 Å². The second-order valence-electron chi connectivity index (χ2n) is 9.38. The predicted octanol–water partition coefficient (Wildman–Crippen LogP) is 6.18. The molecular weight excluding hydrogens is 609 g/mol. The lowest BCUT2D eigenvalue weighted by molar-refractivity contribution is -0.139. The number of hydrogen-bond donors (Lipinski definition) is 1. The zero-order chi connectivity index (χ0) is 30.3. The zero-order valence-corrected chi connectivity index (χ0v) is 26.2. The number of rotatable bonds is 12. The van der Waals surface area contributed by atoms with Crippen molar-refractivity contribution < 1.29 is 22.7 Å². The Bertz CT molecular complexity index is 1450. The molecule has 41 heavy (non-hydrogen) atoms. The van der Waals surface area contributed by atoms with Crippen molar-refractivity contribution in [1.82, 2.24) is 10.2 Å². The van der Waals surface area contributed by atoms with Crippen LogP contribution in [0.2, 0.25) is 15.1 Å². The molecule has 0 aliphatic rings. The summed E-state index contributed by atoms with van der Waals surface area (Å²) in [5, 5.41) is 3.90. The molecule has 3 rings (SSSR count). The van der Waals surface area contributed by atoms with Gasteiger partial charge in [-0.3, -0.25) is 13.9 Å². The number of halogens is 3. The minimum absolute atomic E-state index is 0.0516. The third-order valence-corrected chi connectivity index (χ3v) is 9.35. The molecule has 0 saturated heterocycles. The topological polar surface area (TPSA) is 96.0 Å². The van der Waals surface area contributed by atoms with Gasteiger partial charge in [0.2, 0.25) is 11.8 Å². The van der Waals surface area contributed by atoms with Gasteiger partial charge >= 0.3 is 0 Å². The summed E-state index contributed by atoms with van der Waals surface area (Å²) >= 11 is 18.9. The largest absolute Gasteiger partial charge is 0.497 e. The summed E-state index contributed by atoms with van der Waals surface area (Å²) in [5.41, 5.74) is 0.648. The monoisotopic (exact) mass is 639 g/mol. The molecule has 8 nitrogen and oxygen atoms in total. The fraction of sp³-hybridized carbons (Fsp3) is 0.310. The van der Waals surface area contributed by atoms with E-state index in [1.807, 2.05) is 13.8 Å². The summed E-state index contributed by atoms with van der Waals surface area (Å²) in [6, 6.07) is 15.7. The van der Waals surface area contributed by atoms with E-state index in [1.54, 1.807) is 25.1 Å². The molecule has 0 unspecified atom stereocenters. The van der Waals surface area contributed by atoms with Gasteiger partial charge in [0.25, 0.3) is 10.0 Å². The summed E-state index contributed by atoms with van der Waals surface area (Å²) < 4.78 is 33.9. The van der Waals surface area contributed by atoms with E-state index in [4.69, 9.17) is 39.5 Å². The van der Waals surface area contributed by atoms with Crippen molar-refractivity contribution in [2.24, 2.45) is 0 Å². The summed E-state index contributed by atoms with van der Waals surface area (Å²) in [7, 11) is -2.77. The van der Waals surface area contributed by atoms with Gasteiger partial charge in [0, 0.05) is 33.2 Å². The highest BCUT2D eigenvalue weighted by atomic mass is 35.5. The summed E-state index contributed by atoms with van der Waals surface area (Å²) in [6.07, 6.45) is 0.688. The number of nitrogens with zero attached hydrogens (tertiary/aromatic N) is 2. The summed E-state index contributed by atoms with van der Waals surface area (Å²) in [4.78, 5) is 28.4. The number of carbonyl (C=O) groups excluding carboxylic acids is 2. The molecule has 0 saturated carbocycles.